The number of halogens is 4. The summed E-state index contributed by atoms with van der Waals surface area (Å²) >= 11 is 12.1. The molecule has 2 aromatic rings. The smallest absolute Gasteiger partial charge is 0.282 e. The Morgan fingerprint density at radius 2 is 2.11 bits per heavy atom. The molecule has 1 fully saturated rings. The van der Waals surface area contributed by atoms with Crippen LogP contribution in [0.3, 0.4) is 0 Å². The summed E-state index contributed by atoms with van der Waals surface area (Å²) in [6, 6.07) is 5.68. The van der Waals surface area contributed by atoms with Gasteiger partial charge >= 0.3 is 0 Å². The van der Waals surface area contributed by atoms with Gasteiger partial charge in [-0.15, -0.1) is 0 Å². The maximum Gasteiger partial charge on any atom is 0.282 e. The van der Waals surface area contributed by atoms with Crippen LogP contribution in [-0.2, 0) is 7.05 Å². The molecular formula is C19H17Cl2F2N3O. The fourth-order valence-corrected chi connectivity index (χ4v) is 4.75. The zero-order chi connectivity index (χ0) is 19.3. The number of allylic oxidation sites excluding steroid dienone is 1. The molecule has 2 atom stereocenters. The van der Waals surface area contributed by atoms with Crippen LogP contribution in [0.25, 0.3) is 0 Å². The number of aromatic nitrogens is 2. The van der Waals surface area contributed by atoms with Gasteiger partial charge in [0.05, 0.1) is 5.56 Å². The van der Waals surface area contributed by atoms with Gasteiger partial charge in [0, 0.05) is 24.8 Å². The lowest BCUT2D eigenvalue weighted by molar-refractivity contribution is 0.101. The Bertz CT molecular complexity index is 950. The first-order valence-electron chi connectivity index (χ1n) is 8.66. The second-order valence-corrected chi connectivity index (χ2v) is 7.93. The number of carbonyl (C=O) groups excluding carboxylic acids is 1. The zero-order valence-electron chi connectivity index (χ0n) is 14.5. The highest BCUT2D eigenvalue weighted by Gasteiger charge is 2.39. The minimum atomic E-state index is -2.81. The van der Waals surface area contributed by atoms with Crippen molar-refractivity contribution in [3.63, 3.8) is 0 Å². The normalized spacial score (nSPS) is 20.7. The average Bonchev–Trinajstić information content (AvgIpc) is 3.04. The van der Waals surface area contributed by atoms with Crippen LogP contribution in [0.2, 0.25) is 0 Å². The molecule has 1 heterocycles. The number of alkyl halides is 2. The van der Waals surface area contributed by atoms with E-state index in [4.69, 9.17) is 23.2 Å². The van der Waals surface area contributed by atoms with E-state index in [1.807, 2.05) is 18.2 Å². The predicted molar refractivity (Wildman–Crippen MR) is 101 cm³/mol. The Morgan fingerprint density at radius 1 is 1.33 bits per heavy atom. The molecule has 1 N–H and O–H groups in total. The number of nitrogens with one attached hydrogen (secondary N) is 1. The maximum absolute atomic E-state index is 13.2. The van der Waals surface area contributed by atoms with Crippen LogP contribution in [0.5, 0.6) is 0 Å². The second kappa shape index (κ2) is 6.91. The van der Waals surface area contributed by atoms with Gasteiger partial charge in [0.1, 0.15) is 10.2 Å². The molecule has 2 bridgehead atoms. The van der Waals surface area contributed by atoms with Crippen molar-refractivity contribution in [3.8, 4) is 0 Å². The number of amides is 1. The monoisotopic (exact) mass is 411 g/mol. The Morgan fingerprint density at radius 3 is 2.81 bits per heavy atom. The Labute approximate surface area is 165 Å². The number of anilines is 1. The van der Waals surface area contributed by atoms with Gasteiger partial charge in [0.15, 0.2) is 0 Å². The first-order valence-corrected chi connectivity index (χ1v) is 9.42. The van der Waals surface area contributed by atoms with Crippen molar-refractivity contribution in [2.45, 2.75) is 37.5 Å². The molecule has 8 heteroatoms. The molecule has 1 saturated carbocycles. The van der Waals surface area contributed by atoms with E-state index in [0.717, 1.165) is 36.0 Å². The van der Waals surface area contributed by atoms with Crippen molar-refractivity contribution in [1.29, 1.82) is 0 Å². The number of fused-ring (bicyclic) bond motifs is 2. The average molecular weight is 412 g/mol. The largest absolute Gasteiger partial charge is 0.322 e. The summed E-state index contributed by atoms with van der Waals surface area (Å²) in [6.45, 7) is 0. The van der Waals surface area contributed by atoms with Crippen LogP contribution in [0.4, 0.5) is 14.5 Å². The Hall–Kier alpha value is -1.92. The van der Waals surface area contributed by atoms with E-state index in [2.05, 4.69) is 10.4 Å². The Balaban J connectivity index is 1.70. The predicted octanol–water partition coefficient (Wildman–Crippen LogP) is 5.66. The molecule has 0 saturated heterocycles. The Kier molecular flexibility index (Phi) is 4.72. The van der Waals surface area contributed by atoms with Gasteiger partial charge in [0.2, 0.25) is 0 Å². The van der Waals surface area contributed by atoms with Gasteiger partial charge in [-0.2, -0.15) is 5.10 Å². The molecular weight excluding hydrogens is 395 g/mol. The standard InChI is InChI=1S/C19H17Cl2F2N3O/c1-26-8-13(16(25-26)18(22)23)19(27)24-14-4-2-3-11-10-6-5-9(15(11)14)7-12(10)17(20)21/h2-4,8-10,18H,5-7H2,1H3,(H,24,27). The fourth-order valence-electron chi connectivity index (χ4n) is 4.33. The van der Waals surface area contributed by atoms with Crippen LogP contribution >= 0.6 is 23.2 Å². The summed E-state index contributed by atoms with van der Waals surface area (Å²) in [4.78, 5) is 12.7. The molecule has 3 aliphatic carbocycles. The van der Waals surface area contributed by atoms with E-state index in [9.17, 15) is 13.6 Å². The summed E-state index contributed by atoms with van der Waals surface area (Å²) in [7, 11) is 1.51. The van der Waals surface area contributed by atoms with Gasteiger partial charge in [-0.05, 0) is 47.9 Å². The molecule has 1 amide bonds. The highest BCUT2D eigenvalue weighted by atomic mass is 35.5. The number of nitrogens with zero attached hydrogens (tertiary/aromatic N) is 2. The van der Waals surface area contributed by atoms with Crippen molar-refractivity contribution < 1.29 is 13.6 Å². The molecule has 142 valence electrons. The van der Waals surface area contributed by atoms with Gasteiger partial charge in [-0.25, -0.2) is 8.78 Å². The van der Waals surface area contributed by atoms with Crippen molar-refractivity contribution >= 4 is 34.8 Å². The van der Waals surface area contributed by atoms with E-state index in [1.165, 1.54) is 17.9 Å². The third-order valence-electron chi connectivity index (χ3n) is 5.41. The molecule has 3 aliphatic rings. The van der Waals surface area contributed by atoms with Crippen LogP contribution < -0.4 is 5.32 Å². The summed E-state index contributed by atoms with van der Waals surface area (Å²) in [5, 5.41) is 6.51. The van der Waals surface area contributed by atoms with Gasteiger partial charge in [0.25, 0.3) is 12.3 Å². The molecule has 0 spiro atoms. The number of rotatable bonds is 3. The van der Waals surface area contributed by atoms with Crippen molar-refractivity contribution in [2.75, 3.05) is 5.32 Å². The van der Waals surface area contributed by atoms with Crippen molar-refractivity contribution in [2.24, 2.45) is 7.05 Å². The van der Waals surface area contributed by atoms with E-state index < -0.39 is 18.0 Å². The van der Waals surface area contributed by atoms with Gasteiger partial charge in [-0.1, -0.05) is 35.3 Å². The van der Waals surface area contributed by atoms with Crippen LogP contribution in [0.15, 0.2) is 34.5 Å². The molecule has 2 unspecified atom stereocenters. The SMILES string of the molecule is Cn1cc(C(=O)Nc2cccc3c2C2CCC3C(=C(Cl)Cl)C2)c(C(F)F)n1. The van der Waals surface area contributed by atoms with E-state index in [-0.39, 0.29) is 17.4 Å². The highest BCUT2D eigenvalue weighted by molar-refractivity contribution is 6.56. The quantitative estimate of drug-likeness (QED) is 0.707. The number of benzene rings is 1. The number of hydrogen-bond donors (Lipinski definition) is 1. The van der Waals surface area contributed by atoms with Crippen LogP contribution in [0, 0.1) is 0 Å². The first-order chi connectivity index (χ1) is 12.9. The number of hydrogen-bond acceptors (Lipinski definition) is 2. The summed E-state index contributed by atoms with van der Waals surface area (Å²) in [5.41, 5.74) is 3.22. The molecule has 5 rings (SSSR count). The molecule has 1 aromatic carbocycles. The minimum absolute atomic E-state index is 0.115. The third-order valence-corrected chi connectivity index (χ3v) is 5.90. The van der Waals surface area contributed by atoms with Crippen LogP contribution in [0.1, 0.15) is 64.7 Å². The van der Waals surface area contributed by atoms with Gasteiger partial charge < -0.3 is 5.32 Å². The third kappa shape index (κ3) is 3.15. The summed E-state index contributed by atoms with van der Waals surface area (Å²) < 4.78 is 27.9. The number of aryl methyl sites for hydroxylation is 1. The molecule has 0 aliphatic heterocycles. The summed E-state index contributed by atoms with van der Waals surface area (Å²) in [6.07, 6.45) is 1.19. The molecule has 0 radical (unpaired) electrons. The topological polar surface area (TPSA) is 46.9 Å². The van der Waals surface area contributed by atoms with E-state index >= 15 is 0 Å². The van der Waals surface area contributed by atoms with Gasteiger partial charge in [-0.3, -0.25) is 9.48 Å². The van der Waals surface area contributed by atoms with E-state index in [1.54, 1.807) is 0 Å². The second-order valence-electron chi connectivity index (χ2n) is 6.98. The summed E-state index contributed by atoms with van der Waals surface area (Å²) in [5.74, 6) is -0.242. The molecule has 4 nitrogen and oxygen atoms in total. The highest BCUT2D eigenvalue weighted by Crippen LogP contribution is 2.55. The van der Waals surface area contributed by atoms with Crippen LogP contribution in [-0.4, -0.2) is 15.7 Å². The van der Waals surface area contributed by atoms with Crippen molar-refractivity contribution in [1.82, 2.24) is 9.78 Å². The lowest BCUT2D eigenvalue weighted by Gasteiger charge is -2.41. The molecule has 1 aromatic heterocycles. The minimum Gasteiger partial charge on any atom is -0.322 e. The zero-order valence-corrected chi connectivity index (χ0v) is 16.0. The number of carbonyl (C=O) groups is 1. The first kappa shape index (κ1) is 18.4. The molecule has 27 heavy (non-hydrogen) atoms. The fraction of sp³-hybridized carbons (Fsp3) is 0.368. The lowest BCUT2D eigenvalue weighted by atomic mass is 9.64. The van der Waals surface area contributed by atoms with Crippen molar-refractivity contribution in [3.05, 3.63) is 56.8 Å². The maximum atomic E-state index is 13.2. The van der Waals surface area contributed by atoms with E-state index in [0.29, 0.717) is 10.2 Å². The lowest BCUT2D eigenvalue weighted by Crippen LogP contribution is -2.26.